The van der Waals surface area contributed by atoms with Gasteiger partial charge >= 0.3 is 11.8 Å². The molecule has 0 aliphatic heterocycles. The maximum Gasteiger partial charge on any atom is 0.313 e. The average Bonchev–Trinajstić information content (AvgIpc) is 2.40. The minimum atomic E-state index is -0.682. The number of aliphatic hydroxyl groups is 1. The van der Waals surface area contributed by atoms with Crippen molar-refractivity contribution in [2.24, 2.45) is 5.41 Å². The van der Waals surface area contributed by atoms with Crippen LogP contribution in [0.5, 0.6) is 0 Å². The van der Waals surface area contributed by atoms with E-state index in [0.29, 0.717) is 18.7 Å². The van der Waals surface area contributed by atoms with E-state index in [-0.39, 0.29) is 12.0 Å². The van der Waals surface area contributed by atoms with Crippen molar-refractivity contribution in [3.8, 4) is 0 Å². The second kappa shape index (κ2) is 7.22. The third kappa shape index (κ3) is 5.55. The lowest BCUT2D eigenvalue weighted by molar-refractivity contribution is -0.136. The minimum Gasteiger partial charge on any atom is -0.396 e. The number of carbonyl (C=O) groups excluding carboxylic acids is 2. The number of hydrogen-bond donors (Lipinski definition) is 3. The predicted molar refractivity (Wildman–Crippen MR) is 83.0 cm³/mol. The summed E-state index contributed by atoms with van der Waals surface area (Å²) in [5, 5.41) is 14.1. The molecule has 0 aromatic heterocycles. The normalized spacial score (nSPS) is 11.1. The van der Waals surface area contributed by atoms with Gasteiger partial charge in [-0.2, -0.15) is 0 Å². The second-order valence-electron chi connectivity index (χ2n) is 6.07. The van der Waals surface area contributed by atoms with Crippen LogP contribution in [0.25, 0.3) is 0 Å². The number of aryl methyl sites for hydroxylation is 2. The Morgan fingerprint density at radius 1 is 1.14 bits per heavy atom. The number of benzene rings is 1. The largest absolute Gasteiger partial charge is 0.396 e. The van der Waals surface area contributed by atoms with Gasteiger partial charge in [0.1, 0.15) is 0 Å². The highest BCUT2D eigenvalue weighted by Gasteiger charge is 2.21. The third-order valence-corrected chi connectivity index (χ3v) is 3.49. The van der Waals surface area contributed by atoms with Gasteiger partial charge in [0.05, 0.1) is 0 Å². The Morgan fingerprint density at radius 3 is 2.38 bits per heavy atom. The van der Waals surface area contributed by atoms with Crippen LogP contribution >= 0.6 is 0 Å². The van der Waals surface area contributed by atoms with Gasteiger partial charge in [-0.25, -0.2) is 0 Å². The van der Waals surface area contributed by atoms with Crippen LogP contribution in [0.15, 0.2) is 18.2 Å². The van der Waals surface area contributed by atoms with Crippen molar-refractivity contribution < 1.29 is 14.7 Å². The van der Waals surface area contributed by atoms with Crippen LogP contribution in [-0.4, -0.2) is 30.1 Å². The van der Waals surface area contributed by atoms with Gasteiger partial charge in [0.15, 0.2) is 0 Å². The average molecular weight is 292 g/mol. The van der Waals surface area contributed by atoms with Crippen molar-refractivity contribution in [1.29, 1.82) is 0 Å². The summed E-state index contributed by atoms with van der Waals surface area (Å²) in [6, 6.07) is 5.49. The molecular weight excluding hydrogens is 268 g/mol. The van der Waals surface area contributed by atoms with E-state index in [0.717, 1.165) is 11.1 Å². The summed E-state index contributed by atoms with van der Waals surface area (Å²) in [7, 11) is 0. The molecule has 2 amide bonds. The molecule has 3 N–H and O–H groups in total. The van der Waals surface area contributed by atoms with E-state index < -0.39 is 11.8 Å². The molecule has 5 heteroatoms. The number of aliphatic hydroxyl groups excluding tert-OH is 1. The van der Waals surface area contributed by atoms with Crippen molar-refractivity contribution in [1.82, 2.24) is 5.32 Å². The molecule has 21 heavy (non-hydrogen) atoms. The number of anilines is 1. The minimum absolute atomic E-state index is 0.0533. The summed E-state index contributed by atoms with van der Waals surface area (Å²) in [6.45, 7) is 8.17. The molecule has 0 radical (unpaired) electrons. The van der Waals surface area contributed by atoms with E-state index >= 15 is 0 Å². The van der Waals surface area contributed by atoms with E-state index in [1.165, 1.54) is 0 Å². The fourth-order valence-corrected chi connectivity index (χ4v) is 1.80. The molecule has 0 atom stereocenters. The molecule has 0 fully saturated rings. The van der Waals surface area contributed by atoms with Crippen molar-refractivity contribution >= 4 is 17.5 Å². The Morgan fingerprint density at radius 2 is 1.81 bits per heavy atom. The van der Waals surface area contributed by atoms with E-state index in [2.05, 4.69) is 10.6 Å². The van der Waals surface area contributed by atoms with Crippen molar-refractivity contribution in [2.45, 2.75) is 34.1 Å². The van der Waals surface area contributed by atoms with Gasteiger partial charge in [-0.15, -0.1) is 0 Å². The maximum atomic E-state index is 11.8. The third-order valence-electron chi connectivity index (χ3n) is 3.49. The Labute approximate surface area is 125 Å². The Hall–Kier alpha value is -1.88. The fourth-order valence-electron chi connectivity index (χ4n) is 1.80. The van der Waals surface area contributed by atoms with Crippen molar-refractivity contribution in [3.05, 3.63) is 29.3 Å². The van der Waals surface area contributed by atoms with Crippen LogP contribution in [0, 0.1) is 19.3 Å². The number of nitrogens with one attached hydrogen (secondary N) is 2. The first-order chi connectivity index (χ1) is 9.75. The van der Waals surface area contributed by atoms with Crippen LogP contribution in [0.4, 0.5) is 5.69 Å². The summed E-state index contributed by atoms with van der Waals surface area (Å²) in [6.07, 6.45) is 0.562. The molecule has 0 spiro atoms. The van der Waals surface area contributed by atoms with Crippen LogP contribution < -0.4 is 10.6 Å². The Bertz CT molecular complexity index is 524. The zero-order valence-corrected chi connectivity index (χ0v) is 13.1. The topological polar surface area (TPSA) is 78.4 Å². The highest BCUT2D eigenvalue weighted by molar-refractivity contribution is 6.39. The molecule has 0 heterocycles. The highest BCUT2D eigenvalue weighted by atomic mass is 16.3. The van der Waals surface area contributed by atoms with E-state index in [1.807, 2.05) is 39.8 Å². The molecule has 0 unspecified atom stereocenters. The smallest absolute Gasteiger partial charge is 0.313 e. The van der Waals surface area contributed by atoms with Crippen molar-refractivity contribution in [2.75, 3.05) is 18.5 Å². The van der Waals surface area contributed by atoms with Gasteiger partial charge < -0.3 is 15.7 Å². The molecule has 1 aromatic rings. The summed E-state index contributed by atoms with van der Waals surface area (Å²) < 4.78 is 0. The van der Waals surface area contributed by atoms with E-state index in [9.17, 15) is 9.59 Å². The maximum absolute atomic E-state index is 11.8. The number of hydrogen-bond acceptors (Lipinski definition) is 3. The standard InChI is InChI=1S/C16H24N2O3/c1-11-5-6-13(9-12(11)2)18-15(21)14(20)17-10-16(3,4)7-8-19/h5-6,9,19H,7-8,10H2,1-4H3,(H,17,20)(H,18,21). The zero-order chi connectivity index (χ0) is 16.0. The summed E-state index contributed by atoms with van der Waals surface area (Å²) >= 11 is 0. The lowest BCUT2D eigenvalue weighted by Gasteiger charge is -2.23. The van der Waals surface area contributed by atoms with Crippen molar-refractivity contribution in [3.63, 3.8) is 0 Å². The quantitative estimate of drug-likeness (QED) is 0.724. The summed E-state index contributed by atoms with van der Waals surface area (Å²) in [5.74, 6) is -1.35. The molecule has 0 saturated carbocycles. The summed E-state index contributed by atoms with van der Waals surface area (Å²) in [4.78, 5) is 23.6. The molecule has 5 nitrogen and oxygen atoms in total. The summed E-state index contributed by atoms with van der Waals surface area (Å²) in [5.41, 5.74) is 2.54. The molecule has 0 aliphatic rings. The van der Waals surface area contributed by atoms with E-state index in [1.54, 1.807) is 6.07 Å². The van der Waals surface area contributed by atoms with Gasteiger partial charge in [0.2, 0.25) is 0 Å². The number of amides is 2. The van der Waals surface area contributed by atoms with Gasteiger partial charge in [0, 0.05) is 18.8 Å². The SMILES string of the molecule is Cc1ccc(NC(=O)C(=O)NCC(C)(C)CCO)cc1C. The number of rotatable bonds is 5. The molecule has 0 bridgehead atoms. The lowest BCUT2D eigenvalue weighted by atomic mass is 9.90. The lowest BCUT2D eigenvalue weighted by Crippen LogP contribution is -2.40. The molecule has 0 aliphatic carbocycles. The first-order valence-corrected chi connectivity index (χ1v) is 7.02. The van der Waals surface area contributed by atoms with Crippen LogP contribution in [0.3, 0.4) is 0 Å². The zero-order valence-electron chi connectivity index (χ0n) is 13.1. The van der Waals surface area contributed by atoms with Gasteiger partial charge in [-0.3, -0.25) is 9.59 Å². The van der Waals surface area contributed by atoms with Gasteiger partial charge in [0.25, 0.3) is 0 Å². The molecule has 0 saturated heterocycles. The fraction of sp³-hybridized carbons (Fsp3) is 0.500. The molecule has 116 valence electrons. The van der Waals surface area contributed by atoms with Crippen LogP contribution in [0.1, 0.15) is 31.4 Å². The monoisotopic (exact) mass is 292 g/mol. The number of carbonyl (C=O) groups is 2. The predicted octanol–water partition coefficient (Wildman–Crippen LogP) is 1.77. The Balaban J connectivity index is 2.55. The molecular formula is C16H24N2O3. The van der Waals surface area contributed by atoms with Crippen LogP contribution in [0.2, 0.25) is 0 Å². The van der Waals surface area contributed by atoms with E-state index in [4.69, 9.17) is 5.11 Å². The van der Waals surface area contributed by atoms with Crippen LogP contribution in [-0.2, 0) is 9.59 Å². The molecule has 1 rings (SSSR count). The second-order valence-corrected chi connectivity index (χ2v) is 6.07. The Kier molecular flexibility index (Phi) is 5.90. The van der Waals surface area contributed by atoms with Gasteiger partial charge in [-0.05, 0) is 48.9 Å². The van der Waals surface area contributed by atoms with Gasteiger partial charge in [-0.1, -0.05) is 19.9 Å². The first kappa shape index (κ1) is 17.2. The molecule has 1 aromatic carbocycles. The first-order valence-electron chi connectivity index (χ1n) is 7.02. The highest BCUT2D eigenvalue weighted by Crippen LogP contribution is 2.18.